The van der Waals surface area contributed by atoms with E-state index >= 15 is 0 Å². The molecule has 0 rings (SSSR count). The lowest BCUT2D eigenvalue weighted by molar-refractivity contribution is -0.143. The van der Waals surface area contributed by atoms with E-state index in [1.165, 1.54) is 398 Å². The number of hydrogen-bond donors (Lipinski definition) is 3. The van der Waals surface area contributed by atoms with Gasteiger partial charge in [-0.3, -0.25) is 9.59 Å². The predicted octanol–water partition coefficient (Wildman–Crippen LogP) is 28.3. The molecule has 0 spiro atoms. The van der Waals surface area contributed by atoms with Gasteiger partial charge in [0.2, 0.25) is 5.91 Å². The second kappa shape index (κ2) is 82.2. The number of nitrogens with one attached hydrogen (secondary N) is 1. The van der Waals surface area contributed by atoms with Gasteiger partial charge in [-0.2, -0.15) is 0 Å². The molecule has 93 heavy (non-hydrogen) atoms. The second-order valence-electron chi connectivity index (χ2n) is 29.2. The number of carbonyl (C=O) groups excluding carboxylic acids is 2. The quantitative estimate of drug-likeness (QED) is 0.0320. The number of ether oxygens (including phenoxy) is 1. The number of esters is 1. The highest BCUT2D eigenvalue weighted by Crippen LogP contribution is 2.20. The van der Waals surface area contributed by atoms with E-state index in [1.807, 2.05) is 6.08 Å². The van der Waals surface area contributed by atoms with E-state index in [-0.39, 0.29) is 18.5 Å². The maximum Gasteiger partial charge on any atom is 0.305 e. The van der Waals surface area contributed by atoms with Crippen LogP contribution in [0.25, 0.3) is 0 Å². The molecule has 0 fully saturated rings. The van der Waals surface area contributed by atoms with Gasteiger partial charge in [0.15, 0.2) is 0 Å². The van der Waals surface area contributed by atoms with Crippen molar-refractivity contribution in [2.24, 2.45) is 0 Å². The Morgan fingerprint density at radius 1 is 0.301 bits per heavy atom. The highest BCUT2D eigenvalue weighted by atomic mass is 16.5. The summed E-state index contributed by atoms with van der Waals surface area (Å²) in [5, 5.41) is 23.3. The molecule has 2 atom stereocenters. The Balaban J connectivity index is 3.38. The third-order valence-electron chi connectivity index (χ3n) is 19.8. The highest BCUT2D eigenvalue weighted by molar-refractivity contribution is 5.76. The van der Waals surface area contributed by atoms with E-state index in [0.717, 1.165) is 44.9 Å². The standard InChI is InChI=1S/C87H165NO5/c1-3-5-7-9-11-13-15-17-19-21-23-24-40-44-47-51-55-59-63-67-71-75-79-85(90)84(83-89)88-86(91)80-76-72-68-64-60-56-52-48-45-41-38-36-34-32-30-28-26-25-27-29-31-33-35-37-39-42-46-50-54-58-62-66-70-74-78-82-93-87(92)81-77-73-69-65-61-57-53-49-43-22-20-18-16-14-12-10-8-6-4-2/h18,20,27,29,33,35,75,79,84-85,89-90H,3-17,19,21-26,28,30-32,34,36-74,76-78,80-83H2,1-2H3,(H,88,91)/b20-18-,29-27-,35-33-,79-75+. The van der Waals surface area contributed by atoms with E-state index < -0.39 is 12.1 Å². The molecule has 0 aromatic carbocycles. The third kappa shape index (κ3) is 78.7. The zero-order valence-corrected chi connectivity index (χ0v) is 63.0. The molecule has 0 saturated carbocycles. The van der Waals surface area contributed by atoms with Gasteiger partial charge in [0.25, 0.3) is 0 Å². The molecule has 548 valence electrons. The number of hydrogen-bond acceptors (Lipinski definition) is 5. The minimum Gasteiger partial charge on any atom is -0.466 e. The molecular formula is C87H165NO5. The number of allylic oxidation sites excluding steroid dienone is 7. The molecule has 6 nitrogen and oxygen atoms in total. The lowest BCUT2D eigenvalue weighted by Gasteiger charge is -2.20. The van der Waals surface area contributed by atoms with Crippen LogP contribution in [0.15, 0.2) is 48.6 Å². The number of aliphatic hydroxyl groups excluding tert-OH is 2. The minimum absolute atomic E-state index is 0.0169. The zero-order valence-electron chi connectivity index (χ0n) is 63.0. The second-order valence-corrected chi connectivity index (χ2v) is 29.2. The van der Waals surface area contributed by atoms with Crippen LogP contribution >= 0.6 is 0 Å². The first kappa shape index (κ1) is 90.8. The first-order chi connectivity index (χ1) is 46.0. The SMILES string of the molecule is CCCCCCCC/C=C\CCCCCCCCCCCC(=O)OCCCCCCCCCCCCC/C=C\C/C=C\CCCCCCCCCCCCCCCCCCCC(=O)NC(CO)C(O)/C=C/CCCCCCCCCCCCCCCCCCCCCC. The van der Waals surface area contributed by atoms with Crippen molar-refractivity contribution in [1.82, 2.24) is 5.32 Å². The van der Waals surface area contributed by atoms with Crippen LogP contribution in [0.1, 0.15) is 470 Å². The number of rotatable bonds is 80. The van der Waals surface area contributed by atoms with Gasteiger partial charge in [-0.25, -0.2) is 0 Å². The van der Waals surface area contributed by atoms with Crippen LogP contribution in [0, 0.1) is 0 Å². The van der Waals surface area contributed by atoms with Crippen LogP contribution in [-0.2, 0) is 14.3 Å². The van der Waals surface area contributed by atoms with Gasteiger partial charge in [-0.15, -0.1) is 0 Å². The van der Waals surface area contributed by atoms with E-state index in [0.29, 0.717) is 19.4 Å². The normalized spacial score (nSPS) is 12.7. The van der Waals surface area contributed by atoms with Crippen molar-refractivity contribution in [1.29, 1.82) is 0 Å². The van der Waals surface area contributed by atoms with E-state index in [9.17, 15) is 19.8 Å². The molecule has 0 aliphatic rings. The summed E-state index contributed by atoms with van der Waals surface area (Å²) in [6.45, 7) is 4.95. The molecule has 0 aromatic rings. The fourth-order valence-electron chi connectivity index (χ4n) is 13.4. The molecule has 2 unspecified atom stereocenters. The van der Waals surface area contributed by atoms with Crippen LogP contribution in [0.4, 0.5) is 0 Å². The Labute approximate surface area is 582 Å². The maximum atomic E-state index is 12.6. The number of aliphatic hydroxyl groups is 2. The molecule has 0 saturated heterocycles. The van der Waals surface area contributed by atoms with Crippen molar-refractivity contribution in [3.63, 3.8) is 0 Å². The predicted molar refractivity (Wildman–Crippen MR) is 412 cm³/mol. The van der Waals surface area contributed by atoms with Gasteiger partial charge in [0.05, 0.1) is 25.4 Å². The fraction of sp³-hybridized carbons (Fsp3) is 0.885. The van der Waals surface area contributed by atoms with Crippen molar-refractivity contribution in [2.45, 2.75) is 482 Å². The lowest BCUT2D eigenvalue weighted by Crippen LogP contribution is -2.45. The summed E-state index contributed by atoms with van der Waals surface area (Å²) in [7, 11) is 0. The van der Waals surface area contributed by atoms with Gasteiger partial charge in [0, 0.05) is 12.8 Å². The average molecular weight is 1310 g/mol. The molecule has 0 bridgehead atoms. The zero-order chi connectivity index (χ0) is 67.0. The average Bonchev–Trinajstić information content (AvgIpc) is 3.65. The van der Waals surface area contributed by atoms with Crippen LogP contribution in [0.2, 0.25) is 0 Å². The van der Waals surface area contributed by atoms with Crippen LogP contribution in [0.3, 0.4) is 0 Å². The number of amides is 1. The molecule has 0 heterocycles. The van der Waals surface area contributed by atoms with Crippen molar-refractivity contribution in [3.05, 3.63) is 48.6 Å². The molecule has 3 N–H and O–H groups in total. The number of unbranched alkanes of at least 4 members (excludes halogenated alkanes) is 63. The first-order valence-electron chi connectivity index (χ1n) is 42.4. The molecular weight excluding hydrogens is 1140 g/mol. The molecule has 0 radical (unpaired) electrons. The van der Waals surface area contributed by atoms with Gasteiger partial charge < -0.3 is 20.3 Å². The summed E-state index contributed by atoms with van der Waals surface area (Å²) in [5.41, 5.74) is 0. The number of carbonyl (C=O) groups is 2. The van der Waals surface area contributed by atoms with Crippen molar-refractivity contribution in [3.8, 4) is 0 Å². The van der Waals surface area contributed by atoms with Gasteiger partial charge in [0.1, 0.15) is 0 Å². The van der Waals surface area contributed by atoms with Crippen molar-refractivity contribution in [2.75, 3.05) is 13.2 Å². The third-order valence-corrected chi connectivity index (χ3v) is 19.8. The fourth-order valence-corrected chi connectivity index (χ4v) is 13.4. The molecule has 0 aliphatic carbocycles. The van der Waals surface area contributed by atoms with E-state index in [2.05, 4.69) is 55.6 Å². The van der Waals surface area contributed by atoms with Crippen molar-refractivity contribution < 1.29 is 24.5 Å². The van der Waals surface area contributed by atoms with Crippen LogP contribution in [-0.4, -0.2) is 47.4 Å². The Kier molecular flexibility index (Phi) is 80.3. The lowest BCUT2D eigenvalue weighted by atomic mass is 10.0. The Morgan fingerprint density at radius 3 is 0.828 bits per heavy atom. The molecule has 0 aliphatic heterocycles. The molecule has 6 heteroatoms. The summed E-state index contributed by atoms with van der Waals surface area (Å²) in [6.07, 6.45) is 110. The largest absolute Gasteiger partial charge is 0.466 e. The Bertz CT molecular complexity index is 1550. The van der Waals surface area contributed by atoms with Gasteiger partial charge in [-0.05, 0) is 89.9 Å². The van der Waals surface area contributed by atoms with E-state index in [4.69, 9.17) is 4.74 Å². The summed E-state index contributed by atoms with van der Waals surface area (Å²) >= 11 is 0. The van der Waals surface area contributed by atoms with E-state index in [1.54, 1.807) is 6.08 Å². The Morgan fingerprint density at radius 2 is 0.538 bits per heavy atom. The smallest absolute Gasteiger partial charge is 0.305 e. The monoisotopic (exact) mass is 1300 g/mol. The maximum absolute atomic E-state index is 12.6. The minimum atomic E-state index is -0.845. The highest BCUT2D eigenvalue weighted by Gasteiger charge is 2.18. The summed E-state index contributed by atoms with van der Waals surface area (Å²) in [4.78, 5) is 24.7. The molecule has 0 aromatic heterocycles. The first-order valence-corrected chi connectivity index (χ1v) is 42.4. The van der Waals surface area contributed by atoms with Crippen molar-refractivity contribution >= 4 is 11.9 Å². The Hall–Kier alpha value is -2.18. The summed E-state index contributed by atoms with van der Waals surface area (Å²) in [6, 6.07) is -0.628. The van der Waals surface area contributed by atoms with Crippen LogP contribution < -0.4 is 5.32 Å². The molecule has 1 amide bonds. The van der Waals surface area contributed by atoms with Crippen LogP contribution in [0.5, 0.6) is 0 Å². The topological polar surface area (TPSA) is 95.9 Å². The van der Waals surface area contributed by atoms with Gasteiger partial charge in [-0.1, -0.05) is 416 Å². The summed E-state index contributed by atoms with van der Waals surface area (Å²) < 4.78 is 5.52. The summed E-state index contributed by atoms with van der Waals surface area (Å²) in [5.74, 6) is -0.0441. The van der Waals surface area contributed by atoms with Gasteiger partial charge >= 0.3 is 5.97 Å².